The molecule has 1 aromatic carbocycles. The summed E-state index contributed by atoms with van der Waals surface area (Å²) >= 11 is 0. The van der Waals surface area contributed by atoms with Crippen LogP contribution in [0.15, 0.2) is 34.9 Å². The maximum Gasteiger partial charge on any atom is 0.344 e. The molecule has 3 rings (SSSR count). The highest BCUT2D eigenvalue weighted by atomic mass is 16.5. The Kier molecular flexibility index (Phi) is 5.16. The molecule has 1 saturated heterocycles. The standard InChI is InChI=1S/C19H22N2O4/c1-13-7-6-10-21(11-13)16(22)12-24-19(23)17-14(2)25-20-18(17)15-8-4-3-5-9-15/h3-5,8-9,13H,6-7,10-12H2,1-2H3. The molecular formula is C19H22N2O4. The van der Waals surface area contributed by atoms with Crippen LogP contribution in [0.1, 0.15) is 35.9 Å². The summed E-state index contributed by atoms with van der Waals surface area (Å²) < 4.78 is 10.4. The molecule has 0 saturated carbocycles. The monoisotopic (exact) mass is 342 g/mol. The summed E-state index contributed by atoms with van der Waals surface area (Å²) in [5.74, 6) is 0.118. The van der Waals surface area contributed by atoms with E-state index in [0.29, 0.717) is 17.4 Å². The average Bonchev–Trinajstić information content (AvgIpc) is 3.02. The number of benzene rings is 1. The van der Waals surface area contributed by atoms with Crippen LogP contribution in [0.3, 0.4) is 0 Å². The molecular weight excluding hydrogens is 320 g/mol. The van der Waals surface area contributed by atoms with E-state index in [1.807, 2.05) is 30.3 Å². The number of carbonyl (C=O) groups excluding carboxylic acids is 2. The Labute approximate surface area is 146 Å². The third-order valence-corrected chi connectivity index (χ3v) is 4.45. The maximum atomic E-state index is 12.5. The lowest BCUT2D eigenvalue weighted by atomic mass is 10.0. The highest BCUT2D eigenvalue weighted by Gasteiger charge is 2.26. The number of carbonyl (C=O) groups is 2. The molecule has 1 aliphatic rings. The van der Waals surface area contributed by atoms with E-state index in [9.17, 15) is 9.59 Å². The largest absolute Gasteiger partial charge is 0.452 e. The van der Waals surface area contributed by atoms with Gasteiger partial charge in [0.05, 0.1) is 0 Å². The molecule has 1 unspecified atom stereocenters. The van der Waals surface area contributed by atoms with Crippen LogP contribution >= 0.6 is 0 Å². The number of ether oxygens (including phenoxy) is 1. The molecule has 2 aromatic rings. The fourth-order valence-electron chi connectivity index (χ4n) is 3.11. The Morgan fingerprint density at radius 1 is 1.32 bits per heavy atom. The third kappa shape index (κ3) is 3.90. The summed E-state index contributed by atoms with van der Waals surface area (Å²) in [7, 11) is 0. The van der Waals surface area contributed by atoms with Crippen molar-refractivity contribution in [3.63, 3.8) is 0 Å². The molecule has 0 N–H and O–H groups in total. The van der Waals surface area contributed by atoms with Gasteiger partial charge in [-0.3, -0.25) is 4.79 Å². The summed E-state index contributed by atoms with van der Waals surface area (Å²) in [5, 5.41) is 3.96. The lowest BCUT2D eigenvalue weighted by Crippen LogP contribution is -2.41. The van der Waals surface area contributed by atoms with Crippen LogP contribution in [0.25, 0.3) is 11.3 Å². The number of hydrogen-bond donors (Lipinski definition) is 0. The van der Waals surface area contributed by atoms with Gasteiger partial charge in [0.1, 0.15) is 17.0 Å². The molecule has 6 nitrogen and oxygen atoms in total. The predicted molar refractivity (Wildman–Crippen MR) is 91.9 cm³/mol. The number of amides is 1. The number of hydrogen-bond acceptors (Lipinski definition) is 5. The second kappa shape index (κ2) is 7.51. The number of likely N-dealkylation sites (tertiary alicyclic amines) is 1. The Morgan fingerprint density at radius 3 is 2.80 bits per heavy atom. The summed E-state index contributed by atoms with van der Waals surface area (Å²) in [6, 6.07) is 9.28. The highest BCUT2D eigenvalue weighted by molar-refractivity contribution is 5.98. The summed E-state index contributed by atoms with van der Waals surface area (Å²) in [4.78, 5) is 26.5. The molecule has 1 amide bonds. The molecule has 1 fully saturated rings. The van der Waals surface area contributed by atoms with Crippen LogP contribution in [-0.2, 0) is 9.53 Å². The Hall–Kier alpha value is -2.63. The van der Waals surface area contributed by atoms with Gasteiger partial charge in [-0.1, -0.05) is 42.4 Å². The summed E-state index contributed by atoms with van der Waals surface area (Å²) in [6.45, 7) is 4.97. The molecule has 0 radical (unpaired) electrons. The molecule has 2 heterocycles. The quantitative estimate of drug-likeness (QED) is 0.799. The second-order valence-corrected chi connectivity index (χ2v) is 6.49. The minimum Gasteiger partial charge on any atom is -0.452 e. The van der Waals surface area contributed by atoms with Gasteiger partial charge < -0.3 is 14.2 Å². The van der Waals surface area contributed by atoms with E-state index in [0.717, 1.165) is 31.5 Å². The topological polar surface area (TPSA) is 72.6 Å². The molecule has 1 atom stereocenters. The predicted octanol–water partition coefficient (Wildman–Crippen LogP) is 3.07. The van der Waals surface area contributed by atoms with Crippen LogP contribution in [0, 0.1) is 12.8 Å². The number of rotatable bonds is 4. The molecule has 0 bridgehead atoms. The van der Waals surface area contributed by atoms with E-state index in [4.69, 9.17) is 9.26 Å². The first-order valence-electron chi connectivity index (χ1n) is 8.53. The van der Waals surface area contributed by atoms with Crippen molar-refractivity contribution in [1.29, 1.82) is 0 Å². The summed E-state index contributed by atoms with van der Waals surface area (Å²) in [5.41, 5.74) is 1.47. The van der Waals surface area contributed by atoms with E-state index in [-0.39, 0.29) is 18.1 Å². The molecule has 1 aromatic heterocycles. The molecule has 6 heteroatoms. The first kappa shape index (κ1) is 17.2. The van der Waals surface area contributed by atoms with Gasteiger partial charge in [-0.05, 0) is 25.7 Å². The van der Waals surface area contributed by atoms with Crippen LogP contribution in [-0.4, -0.2) is 41.6 Å². The van der Waals surface area contributed by atoms with Crippen molar-refractivity contribution in [2.24, 2.45) is 5.92 Å². The second-order valence-electron chi connectivity index (χ2n) is 6.49. The Balaban J connectivity index is 1.68. The van der Waals surface area contributed by atoms with Crippen LogP contribution in [0.2, 0.25) is 0 Å². The molecule has 1 aliphatic heterocycles. The van der Waals surface area contributed by atoms with Gasteiger partial charge in [-0.25, -0.2) is 4.79 Å². The zero-order chi connectivity index (χ0) is 17.8. The van der Waals surface area contributed by atoms with Gasteiger partial charge in [-0.15, -0.1) is 0 Å². The number of nitrogens with zero attached hydrogens (tertiary/aromatic N) is 2. The van der Waals surface area contributed by atoms with E-state index in [1.165, 1.54) is 0 Å². The number of esters is 1. The smallest absolute Gasteiger partial charge is 0.344 e. The van der Waals surface area contributed by atoms with Crippen molar-refractivity contribution >= 4 is 11.9 Å². The van der Waals surface area contributed by atoms with Crippen LogP contribution in [0.4, 0.5) is 0 Å². The van der Waals surface area contributed by atoms with Gasteiger partial charge in [-0.2, -0.15) is 0 Å². The summed E-state index contributed by atoms with van der Waals surface area (Å²) in [6.07, 6.45) is 2.12. The zero-order valence-corrected chi connectivity index (χ0v) is 14.5. The van der Waals surface area contributed by atoms with Gasteiger partial charge >= 0.3 is 5.97 Å². The van der Waals surface area contributed by atoms with Crippen molar-refractivity contribution < 1.29 is 18.8 Å². The number of aromatic nitrogens is 1. The van der Waals surface area contributed by atoms with Gasteiger partial charge in [0.25, 0.3) is 5.91 Å². The molecule has 0 spiro atoms. The lowest BCUT2D eigenvalue weighted by Gasteiger charge is -2.30. The van der Waals surface area contributed by atoms with E-state index in [1.54, 1.807) is 11.8 Å². The Bertz CT molecular complexity index is 754. The van der Waals surface area contributed by atoms with Crippen molar-refractivity contribution in [2.45, 2.75) is 26.7 Å². The molecule has 25 heavy (non-hydrogen) atoms. The van der Waals surface area contributed by atoms with Crippen molar-refractivity contribution in [1.82, 2.24) is 10.1 Å². The van der Waals surface area contributed by atoms with E-state index in [2.05, 4.69) is 12.1 Å². The molecule has 0 aliphatic carbocycles. The van der Waals surface area contributed by atoms with Crippen molar-refractivity contribution in [3.05, 3.63) is 41.7 Å². The van der Waals surface area contributed by atoms with E-state index >= 15 is 0 Å². The first-order valence-corrected chi connectivity index (χ1v) is 8.53. The molecule has 132 valence electrons. The van der Waals surface area contributed by atoms with Gasteiger partial charge in [0, 0.05) is 18.7 Å². The average molecular weight is 342 g/mol. The maximum absolute atomic E-state index is 12.5. The van der Waals surface area contributed by atoms with Gasteiger partial charge in [0.2, 0.25) is 0 Å². The number of piperidine rings is 1. The normalized spacial score (nSPS) is 17.4. The van der Waals surface area contributed by atoms with Crippen molar-refractivity contribution in [2.75, 3.05) is 19.7 Å². The lowest BCUT2D eigenvalue weighted by molar-refractivity contribution is -0.136. The highest BCUT2D eigenvalue weighted by Crippen LogP contribution is 2.25. The first-order chi connectivity index (χ1) is 12.1. The van der Waals surface area contributed by atoms with Gasteiger partial charge in [0.15, 0.2) is 6.61 Å². The third-order valence-electron chi connectivity index (χ3n) is 4.45. The Morgan fingerprint density at radius 2 is 2.08 bits per heavy atom. The number of aryl methyl sites for hydroxylation is 1. The van der Waals surface area contributed by atoms with Crippen LogP contribution < -0.4 is 0 Å². The minimum absolute atomic E-state index is 0.157. The van der Waals surface area contributed by atoms with E-state index < -0.39 is 5.97 Å². The SMILES string of the molecule is Cc1onc(-c2ccccc2)c1C(=O)OCC(=O)N1CCCC(C)C1. The van der Waals surface area contributed by atoms with Crippen molar-refractivity contribution in [3.8, 4) is 11.3 Å². The minimum atomic E-state index is -0.587. The fraction of sp³-hybridized carbons (Fsp3) is 0.421. The zero-order valence-electron chi connectivity index (χ0n) is 14.5. The fourth-order valence-corrected chi connectivity index (χ4v) is 3.11. The van der Waals surface area contributed by atoms with Crippen LogP contribution in [0.5, 0.6) is 0 Å².